The number of benzene rings is 2. The summed E-state index contributed by atoms with van der Waals surface area (Å²) in [6, 6.07) is 11.0. The first-order valence-electron chi connectivity index (χ1n) is 12.0. The summed E-state index contributed by atoms with van der Waals surface area (Å²) in [6.45, 7) is 5.11. The number of nitrogens with two attached hydrogens (primary N) is 1. The van der Waals surface area contributed by atoms with E-state index in [0.717, 1.165) is 13.1 Å². The molecule has 0 radical (unpaired) electrons. The highest BCUT2D eigenvalue weighted by Crippen LogP contribution is 2.40. The summed E-state index contributed by atoms with van der Waals surface area (Å²) in [5, 5.41) is 11.4. The smallest absolute Gasteiger partial charge is 0.295 e. The third kappa shape index (κ3) is 5.76. The summed E-state index contributed by atoms with van der Waals surface area (Å²) < 4.78 is 16.0. The first kappa shape index (κ1) is 26.2. The number of aryl methyl sites for hydroxylation is 1. The Morgan fingerprint density at radius 3 is 2.38 bits per heavy atom. The minimum absolute atomic E-state index is 0.0195. The number of likely N-dealkylation sites (tertiary alicyclic amines) is 1. The van der Waals surface area contributed by atoms with Gasteiger partial charge in [-0.1, -0.05) is 12.1 Å². The van der Waals surface area contributed by atoms with Crippen molar-refractivity contribution in [1.82, 2.24) is 9.80 Å². The Kier molecular flexibility index (Phi) is 8.10. The minimum atomic E-state index is -0.798. The van der Waals surface area contributed by atoms with E-state index in [1.807, 2.05) is 0 Å². The lowest BCUT2D eigenvalue weighted by molar-refractivity contribution is -0.140. The van der Waals surface area contributed by atoms with Crippen LogP contribution in [0.3, 0.4) is 0 Å². The van der Waals surface area contributed by atoms with Crippen molar-refractivity contribution in [2.24, 2.45) is 5.73 Å². The van der Waals surface area contributed by atoms with Gasteiger partial charge in [0.05, 0.1) is 31.9 Å². The van der Waals surface area contributed by atoms with E-state index in [-0.39, 0.29) is 17.9 Å². The number of methoxy groups -OCH3 is 1. The molecule has 1 atom stereocenters. The lowest BCUT2D eigenvalue weighted by Gasteiger charge is -2.31. The Hall–Kier alpha value is -3.89. The molecule has 2 aromatic carbocycles. The zero-order chi connectivity index (χ0) is 26.5. The van der Waals surface area contributed by atoms with Gasteiger partial charge in [0.2, 0.25) is 0 Å². The van der Waals surface area contributed by atoms with Gasteiger partial charge in [-0.3, -0.25) is 19.3 Å². The van der Waals surface area contributed by atoms with Crippen LogP contribution in [-0.4, -0.2) is 85.6 Å². The molecule has 2 saturated heterocycles. The number of nitrogens with zero attached hydrogens (tertiary/aromatic N) is 2. The van der Waals surface area contributed by atoms with E-state index in [0.29, 0.717) is 54.5 Å². The fourth-order valence-electron chi connectivity index (χ4n) is 4.61. The topological polar surface area (TPSA) is 132 Å². The van der Waals surface area contributed by atoms with E-state index >= 15 is 0 Å². The number of carbonyl (C=O) groups excluding carboxylic acids is 3. The van der Waals surface area contributed by atoms with Crippen molar-refractivity contribution in [1.29, 1.82) is 0 Å². The first-order valence-corrected chi connectivity index (χ1v) is 12.0. The van der Waals surface area contributed by atoms with Crippen LogP contribution >= 0.6 is 0 Å². The summed E-state index contributed by atoms with van der Waals surface area (Å²) in [5.41, 5.74) is 6.94. The van der Waals surface area contributed by atoms with Gasteiger partial charge in [-0.05, 0) is 48.4 Å². The second-order valence-electron chi connectivity index (χ2n) is 8.95. The molecular weight excluding hydrogens is 478 g/mol. The zero-order valence-electron chi connectivity index (χ0n) is 20.9. The van der Waals surface area contributed by atoms with E-state index in [1.165, 1.54) is 4.90 Å². The molecule has 3 N–H and O–H groups in total. The van der Waals surface area contributed by atoms with Crippen molar-refractivity contribution < 1.29 is 33.7 Å². The van der Waals surface area contributed by atoms with Crippen LogP contribution in [0.1, 0.15) is 22.7 Å². The summed E-state index contributed by atoms with van der Waals surface area (Å²) in [5.74, 6) is -1.22. The summed E-state index contributed by atoms with van der Waals surface area (Å²) >= 11 is 0. The van der Waals surface area contributed by atoms with E-state index < -0.39 is 23.6 Å². The number of amides is 2. The number of hydrogen-bond acceptors (Lipinski definition) is 8. The van der Waals surface area contributed by atoms with Crippen LogP contribution < -0.4 is 15.2 Å². The SMILES string of the molecule is COc1ccc(C(O)=C2C(=O)C(=O)N(CCN3CCOCC3)C2c2ccc(OCC(N)=O)cc2)c(C)c1. The van der Waals surface area contributed by atoms with E-state index in [1.54, 1.807) is 56.5 Å². The highest BCUT2D eigenvalue weighted by Gasteiger charge is 2.46. The van der Waals surface area contributed by atoms with Crippen molar-refractivity contribution in [3.05, 3.63) is 64.7 Å². The second kappa shape index (κ2) is 11.4. The molecule has 0 bridgehead atoms. The summed E-state index contributed by atoms with van der Waals surface area (Å²) in [6.07, 6.45) is 0. The molecule has 10 nitrogen and oxygen atoms in total. The average Bonchev–Trinajstić information content (AvgIpc) is 3.16. The zero-order valence-corrected chi connectivity index (χ0v) is 20.9. The van der Waals surface area contributed by atoms with Gasteiger partial charge in [-0.25, -0.2) is 0 Å². The number of rotatable bonds is 9. The molecule has 0 aliphatic carbocycles. The maximum atomic E-state index is 13.3. The van der Waals surface area contributed by atoms with Crippen molar-refractivity contribution in [3.63, 3.8) is 0 Å². The van der Waals surface area contributed by atoms with E-state index in [9.17, 15) is 19.5 Å². The molecule has 0 spiro atoms. The summed E-state index contributed by atoms with van der Waals surface area (Å²) in [4.78, 5) is 41.3. The third-order valence-corrected chi connectivity index (χ3v) is 6.57. The number of aliphatic hydroxyl groups excluding tert-OH is 1. The van der Waals surface area contributed by atoms with Crippen molar-refractivity contribution in [2.45, 2.75) is 13.0 Å². The fraction of sp³-hybridized carbons (Fsp3) is 0.370. The van der Waals surface area contributed by atoms with Gasteiger partial charge >= 0.3 is 0 Å². The maximum Gasteiger partial charge on any atom is 0.295 e. The molecule has 4 rings (SSSR count). The molecule has 2 heterocycles. The highest BCUT2D eigenvalue weighted by molar-refractivity contribution is 6.46. The van der Waals surface area contributed by atoms with Gasteiger partial charge in [-0.2, -0.15) is 0 Å². The number of carbonyl (C=O) groups is 3. The van der Waals surface area contributed by atoms with Crippen molar-refractivity contribution in [3.8, 4) is 11.5 Å². The normalized spacial score (nSPS) is 19.7. The summed E-state index contributed by atoms with van der Waals surface area (Å²) in [7, 11) is 1.55. The third-order valence-electron chi connectivity index (χ3n) is 6.57. The van der Waals surface area contributed by atoms with Crippen LogP contribution in [0.4, 0.5) is 0 Å². The average molecular weight is 510 g/mol. The second-order valence-corrected chi connectivity index (χ2v) is 8.95. The minimum Gasteiger partial charge on any atom is -0.507 e. The molecule has 0 aromatic heterocycles. The van der Waals surface area contributed by atoms with Crippen LogP contribution in [0.15, 0.2) is 48.0 Å². The van der Waals surface area contributed by atoms with Crippen LogP contribution in [-0.2, 0) is 19.1 Å². The Morgan fingerprint density at radius 2 is 1.76 bits per heavy atom. The Morgan fingerprint density at radius 1 is 1.08 bits per heavy atom. The fourth-order valence-corrected chi connectivity index (χ4v) is 4.61. The number of primary amides is 1. The van der Waals surface area contributed by atoms with Gasteiger partial charge in [-0.15, -0.1) is 0 Å². The lowest BCUT2D eigenvalue weighted by atomic mass is 9.94. The molecule has 196 valence electrons. The molecule has 2 aliphatic rings. The van der Waals surface area contributed by atoms with Crippen LogP contribution in [0.25, 0.3) is 5.76 Å². The molecule has 1 unspecified atom stereocenters. The quantitative estimate of drug-likeness (QED) is 0.296. The maximum absolute atomic E-state index is 13.3. The van der Waals surface area contributed by atoms with Crippen LogP contribution in [0, 0.1) is 6.92 Å². The molecule has 2 aromatic rings. The van der Waals surface area contributed by atoms with Gasteiger partial charge in [0, 0.05) is 31.7 Å². The van der Waals surface area contributed by atoms with Crippen molar-refractivity contribution in [2.75, 3.05) is 53.1 Å². The predicted molar refractivity (Wildman–Crippen MR) is 135 cm³/mol. The predicted octanol–water partition coefficient (Wildman–Crippen LogP) is 1.62. The van der Waals surface area contributed by atoms with E-state index in [2.05, 4.69) is 4.90 Å². The molecule has 2 fully saturated rings. The molecule has 37 heavy (non-hydrogen) atoms. The van der Waals surface area contributed by atoms with Gasteiger partial charge in [0.1, 0.15) is 17.3 Å². The molecule has 2 aliphatic heterocycles. The van der Waals surface area contributed by atoms with Crippen LogP contribution in [0.5, 0.6) is 11.5 Å². The number of Topliss-reactive ketones (excluding diaryl/α,β-unsaturated/α-hetero) is 1. The number of hydrogen-bond donors (Lipinski definition) is 2. The molecular formula is C27H31N3O7. The Bertz CT molecular complexity index is 1200. The largest absolute Gasteiger partial charge is 0.507 e. The Labute approximate surface area is 215 Å². The molecule has 0 saturated carbocycles. The van der Waals surface area contributed by atoms with Crippen molar-refractivity contribution >= 4 is 23.4 Å². The number of ketones is 1. The standard InChI is InChI=1S/C27H31N3O7/c1-17-15-20(35-2)7-8-21(17)25(32)23-24(18-3-5-19(6-4-18)37-16-22(28)31)30(27(34)26(23)33)10-9-29-11-13-36-14-12-29/h3-8,15,24,32H,9-14,16H2,1-2H3,(H2,28,31). The monoisotopic (exact) mass is 509 g/mol. The Balaban J connectivity index is 1.72. The lowest BCUT2D eigenvalue weighted by Crippen LogP contribution is -2.42. The number of morpholine rings is 1. The first-order chi connectivity index (χ1) is 17.8. The number of aliphatic hydroxyl groups is 1. The highest BCUT2D eigenvalue weighted by atomic mass is 16.5. The van der Waals surface area contributed by atoms with Gasteiger partial charge < -0.3 is 30.0 Å². The van der Waals surface area contributed by atoms with E-state index in [4.69, 9.17) is 19.9 Å². The molecule has 2 amide bonds. The van der Waals surface area contributed by atoms with Gasteiger partial charge in [0.25, 0.3) is 17.6 Å². The van der Waals surface area contributed by atoms with Gasteiger partial charge in [0.15, 0.2) is 6.61 Å². The number of ether oxygens (including phenoxy) is 3. The van der Waals surface area contributed by atoms with Crippen LogP contribution in [0.2, 0.25) is 0 Å². The molecule has 10 heteroatoms.